The monoisotopic (exact) mass is 223 g/mol. The fourth-order valence-corrected chi connectivity index (χ4v) is 1.52. The van der Waals surface area contributed by atoms with Gasteiger partial charge in [-0.15, -0.1) is 0 Å². The van der Waals surface area contributed by atoms with Gasteiger partial charge < -0.3 is 9.84 Å². The largest absolute Gasteiger partial charge is 0.489 e. The van der Waals surface area contributed by atoms with Gasteiger partial charge in [-0.1, -0.05) is 6.92 Å². The minimum absolute atomic E-state index is 0.0574. The molecule has 16 heavy (non-hydrogen) atoms. The van der Waals surface area contributed by atoms with Crippen LogP contribution in [0.2, 0.25) is 0 Å². The first kappa shape index (κ1) is 12.5. The Morgan fingerprint density at radius 3 is 2.69 bits per heavy atom. The molecule has 1 N–H and O–H groups in total. The van der Waals surface area contributed by atoms with Crippen LogP contribution in [0, 0.1) is 0 Å². The lowest BCUT2D eigenvalue weighted by Gasteiger charge is -2.13. The second kappa shape index (κ2) is 5.49. The van der Waals surface area contributed by atoms with Gasteiger partial charge in [-0.2, -0.15) is 0 Å². The van der Waals surface area contributed by atoms with Gasteiger partial charge in [0.1, 0.15) is 5.75 Å². The van der Waals surface area contributed by atoms with Crippen molar-refractivity contribution in [3.05, 3.63) is 24.0 Å². The molecule has 0 saturated heterocycles. The minimum atomic E-state index is -0.828. The molecule has 1 aromatic rings. The molecule has 0 aliphatic rings. The Bertz CT molecular complexity index is 363. The van der Waals surface area contributed by atoms with Gasteiger partial charge in [0.15, 0.2) is 0 Å². The average Bonchev–Trinajstić information content (AvgIpc) is 2.17. The van der Waals surface area contributed by atoms with Crippen molar-refractivity contribution in [3.8, 4) is 5.75 Å². The molecule has 1 heterocycles. The number of hydrogen-bond donors (Lipinski definition) is 1. The number of carbonyl (C=O) groups is 1. The van der Waals surface area contributed by atoms with Gasteiger partial charge in [-0.3, -0.25) is 9.78 Å². The molecule has 0 aromatic carbocycles. The lowest BCUT2D eigenvalue weighted by Crippen LogP contribution is -2.12. The van der Waals surface area contributed by atoms with Crippen molar-refractivity contribution in [2.45, 2.75) is 39.2 Å². The number of carboxylic acids is 1. The molecule has 1 aromatic heterocycles. The predicted molar refractivity (Wildman–Crippen MR) is 60.7 cm³/mol. The van der Waals surface area contributed by atoms with E-state index in [-0.39, 0.29) is 6.10 Å². The number of aromatic nitrogens is 1. The van der Waals surface area contributed by atoms with Crippen LogP contribution in [0.3, 0.4) is 0 Å². The summed E-state index contributed by atoms with van der Waals surface area (Å²) in [4.78, 5) is 15.0. The smallest absolute Gasteiger partial charge is 0.311 e. The molecular weight excluding hydrogens is 206 g/mol. The molecule has 4 nitrogen and oxygen atoms in total. The molecule has 4 heteroatoms. The fraction of sp³-hybridized carbons (Fsp3) is 0.500. The number of rotatable bonds is 5. The maximum absolute atomic E-state index is 11.0. The summed E-state index contributed by atoms with van der Waals surface area (Å²) in [7, 11) is 0. The van der Waals surface area contributed by atoms with Crippen LogP contribution >= 0.6 is 0 Å². The zero-order chi connectivity index (χ0) is 12.1. The first-order valence-electron chi connectivity index (χ1n) is 5.39. The molecule has 88 valence electrons. The van der Waals surface area contributed by atoms with Gasteiger partial charge in [-0.05, 0) is 31.9 Å². The second-order valence-corrected chi connectivity index (χ2v) is 3.92. The molecule has 0 fully saturated rings. The third kappa shape index (κ3) is 3.22. The Kier molecular flexibility index (Phi) is 4.28. The van der Waals surface area contributed by atoms with E-state index in [0.717, 1.165) is 0 Å². The molecule has 0 saturated carbocycles. The SMILES string of the molecule is CCC(C(=O)O)c1cncc(OC(C)C)c1. The first-order chi connectivity index (χ1) is 7.54. The summed E-state index contributed by atoms with van der Waals surface area (Å²) in [6.07, 6.45) is 3.78. The van der Waals surface area contributed by atoms with Gasteiger partial charge in [-0.25, -0.2) is 0 Å². The molecule has 1 rings (SSSR count). The fourth-order valence-electron chi connectivity index (χ4n) is 1.52. The van der Waals surface area contributed by atoms with Gasteiger partial charge in [0, 0.05) is 6.20 Å². The summed E-state index contributed by atoms with van der Waals surface area (Å²) >= 11 is 0. The van der Waals surface area contributed by atoms with Crippen LogP contribution in [-0.4, -0.2) is 22.2 Å². The maximum atomic E-state index is 11.0. The lowest BCUT2D eigenvalue weighted by atomic mass is 9.98. The van der Waals surface area contributed by atoms with E-state index in [1.807, 2.05) is 20.8 Å². The Morgan fingerprint density at radius 1 is 1.50 bits per heavy atom. The Balaban J connectivity index is 2.92. The molecule has 0 radical (unpaired) electrons. The number of pyridine rings is 1. The highest BCUT2D eigenvalue weighted by molar-refractivity contribution is 5.75. The van der Waals surface area contributed by atoms with Crippen LogP contribution < -0.4 is 4.74 Å². The zero-order valence-electron chi connectivity index (χ0n) is 9.80. The van der Waals surface area contributed by atoms with Crippen LogP contribution in [0.4, 0.5) is 0 Å². The van der Waals surface area contributed by atoms with Crippen LogP contribution in [0.25, 0.3) is 0 Å². The molecule has 1 unspecified atom stereocenters. The van der Waals surface area contributed by atoms with Crippen molar-refractivity contribution in [1.82, 2.24) is 4.98 Å². The number of ether oxygens (including phenoxy) is 1. The van der Waals surface area contributed by atoms with Crippen molar-refractivity contribution in [1.29, 1.82) is 0 Å². The maximum Gasteiger partial charge on any atom is 0.311 e. The highest BCUT2D eigenvalue weighted by Gasteiger charge is 2.18. The van der Waals surface area contributed by atoms with Crippen LogP contribution in [0.5, 0.6) is 5.75 Å². The summed E-state index contributed by atoms with van der Waals surface area (Å²) in [5.41, 5.74) is 0.688. The molecule has 1 atom stereocenters. The van der Waals surface area contributed by atoms with Crippen LogP contribution in [-0.2, 0) is 4.79 Å². The van der Waals surface area contributed by atoms with Crippen molar-refractivity contribution in [2.24, 2.45) is 0 Å². The van der Waals surface area contributed by atoms with Crippen LogP contribution in [0.15, 0.2) is 18.5 Å². The summed E-state index contributed by atoms with van der Waals surface area (Å²) in [6.45, 7) is 5.68. The Labute approximate surface area is 95.3 Å². The van der Waals surface area contributed by atoms with E-state index in [9.17, 15) is 4.79 Å². The highest BCUT2D eigenvalue weighted by atomic mass is 16.5. The van der Waals surface area contributed by atoms with Crippen molar-refractivity contribution in [2.75, 3.05) is 0 Å². The molecule has 0 spiro atoms. The van der Waals surface area contributed by atoms with E-state index in [0.29, 0.717) is 17.7 Å². The van der Waals surface area contributed by atoms with Crippen LogP contribution in [0.1, 0.15) is 38.7 Å². The lowest BCUT2D eigenvalue weighted by molar-refractivity contribution is -0.138. The molecule has 0 amide bonds. The third-order valence-electron chi connectivity index (χ3n) is 2.21. The summed E-state index contributed by atoms with van der Waals surface area (Å²) in [5.74, 6) is -0.721. The van der Waals surface area contributed by atoms with E-state index < -0.39 is 11.9 Å². The zero-order valence-corrected chi connectivity index (χ0v) is 9.80. The van der Waals surface area contributed by atoms with E-state index in [1.165, 1.54) is 0 Å². The van der Waals surface area contributed by atoms with Gasteiger partial charge >= 0.3 is 5.97 Å². The van der Waals surface area contributed by atoms with Gasteiger partial charge in [0.25, 0.3) is 0 Å². The second-order valence-electron chi connectivity index (χ2n) is 3.92. The highest BCUT2D eigenvalue weighted by Crippen LogP contribution is 2.23. The first-order valence-corrected chi connectivity index (χ1v) is 5.39. The van der Waals surface area contributed by atoms with E-state index in [1.54, 1.807) is 18.5 Å². The summed E-state index contributed by atoms with van der Waals surface area (Å²) in [6, 6.07) is 1.75. The Hall–Kier alpha value is -1.58. The quantitative estimate of drug-likeness (QED) is 0.832. The van der Waals surface area contributed by atoms with Crippen molar-refractivity contribution in [3.63, 3.8) is 0 Å². The standard InChI is InChI=1S/C12H17NO3/c1-4-11(12(14)15)9-5-10(7-13-6-9)16-8(2)3/h5-8,11H,4H2,1-3H3,(H,14,15). The van der Waals surface area contributed by atoms with Crippen molar-refractivity contribution < 1.29 is 14.6 Å². The van der Waals surface area contributed by atoms with Gasteiger partial charge in [0.05, 0.1) is 18.2 Å². The molecule has 0 aliphatic heterocycles. The van der Waals surface area contributed by atoms with E-state index in [2.05, 4.69) is 4.98 Å². The number of hydrogen-bond acceptors (Lipinski definition) is 3. The van der Waals surface area contributed by atoms with E-state index in [4.69, 9.17) is 9.84 Å². The van der Waals surface area contributed by atoms with Gasteiger partial charge in [0.2, 0.25) is 0 Å². The molecular formula is C12H17NO3. The number of carboxylic acid groups (broad SMARTS) is 1. The normalized spacial score (nSPS) is 12.5. The van der Waals surface area contributed by atoms with Crippen molar-refractivity contribution >= 4 is 5.97 Å². The van der Waals surface area contributed by atoms with E-state index >= 15 is 0 Å². The average molecular weight is 223 g/mol. The number of aliphatic carboxylic acids is 1. The topological polar surface area (TPSA) is 59.4 Å². The predicted octanol–water partition coefficient (Wildman–Crippen LogP) is 2.45. The molecule has 0 bridgehead atoms. The Morgan fingerprint density at radius 2 is 2.19 bits per heavy atom. The minimum Gasteiger partial charge on any atom is -0.489 e. The number of nitrogens with zero attached hydrogens (tertiary/aromatic N) is 1. The summed E-state index contributed by atoms with van der Waals surface area (Å²) in [5, 5.41) is 9.03. The third-order valence-corrected chi connectivity index (χ3v) is 2.21. The summed E-state index contributed by atoms with van der Waals surface area (Å²) < 4.78 is 5.47. The molecule has 0 aliphatic carbocycles.